The average Bonchev–Trinajstić information content (AvgIpc) is 2.68. The van der Waals surface area contributed by atoms with E-state index in [1.807, 2.05) is 0 Å². The predicted octanol–water partition coefficient (Wildman–Crippen LogP) is -0.0938. The van der Waals surface area contributed by atoms with Gasteiger partial charge in [-0.15, -0.1) is 0 Å². The molecule has 0 aliphatic carbocycles. The molecule has 2 atom stereocenters. The standard InChI is InChI=1S/C8H13NO2/c1-6-3-10-4-7(9-6)2-8(1)5-11-8/h6-7,9H,1-5H2. The van der Waals surface area contributed by atoms with Gasteiger partial charge in [-0.05, 0) is 12.8 Å². The number of nitrogens with one attached hydrogen (secondary N) is 1. The molecule has 0 saturated carbocycles. The van der Waals surface area contributed by atoms with Crippen LogP contribution < -0.4 is 5.32 Å². The van der Waals surface area contributed by atoms with Crippen molar-refractivity contribution in [2.45, 2.75) is 30.5 Å². The van der Waals surface area contributed by atoms with E-state index in [0.29, 0.717) is 12.1 Å². The van der Waals surface area contributed by atoms with Crippen molar-refractivity contribution in [2.75, 3.05) is 19.8 Å². The zero-order valence-corrected chi connectivity index (χ0v) is 6.51. The van der Waals surface area contributed by atoms with Gasteiger partial charge >= 0.3 is 0 Å². The van der Waals surface area contributed by atoms with Crippen molar-refractivity contribution in [1.29, 1.82) is 0 Å². The first kappa shape index (κ1) is 6.40. The number of piperidine rings is 1. The lowest BCUT2D eigenvalue weighted by Gasteiger charge is -2.38. The number of hydrogen-bond acceptors (Lipinski definition) is 3. The minimum absolute atomic E-state index is 0.282. The Bertz CT molecular complexity index is 165. The van der Waals surface area contributed by atoms with Crippen molar-refractivity contribution in [1.82, 2.24) is 5.32 Å². The fraction of sp³-hybridized carbons (Fsp3) is 1.00. The van der Waals surface area contributed by atoms with Crippen LogP contribution in [0.1, 0.15) is 12.8 Å². The first-order valence-electron chi connectivity index (χ1n) is 4.34. The van der Waals surface area contributed by atoms with Gasteiger partial charge in [0.15, 0.2) is 0 Å². The molecule has 2 unspecified atom stereocenters. The molecule has 11 heavy (non-hydrogen) atoms. The summed E-state index contributed by atoms with van der Waals surface area (Å²) < 4.78 is 10.9. The van der Waals surface area contributed by atoms with Crippen LogP contribution in [0.2, 0.25) is 0 Å². The summed E-state index contributed by atoms with van der Waals surface area (Å²) in [6, 6.07) is 1.12. The van der Waals surface area contributed by atoms with Gasteiger partial charge in [0.2, 0.25) is 0 Å². The van der Waals surface area contributed by atoms with E-state index in [1.165, 1.54) is 0 Å². The van der Waals surface area contributed by atoms with Crippen LogP contribution in [-0.2, 0) is 9.47 Å². The molecule has 3 aliphatic rings. The van der Waals surface area contributed by atoms with Gasteiger partial charge in [0.1, 0.15) is 0 Å². The Labute approximate surface area is 66.1 Å². The normalized spacial score (nSPS) is 54.5. The van der Waals surface area contributed by atoms with E-state index in [-0.39, 0.29) is 5.60 Å². The number of epoxide rings is 1. The highest BCUT2D eigenvalue weighted by Crippen LogP contribution is 2.40. The van der Waals surface area contributed by atoms with Crippen LogP contribution in [0, 0.1) is 0 Å². The fourth-order valence-electron chi connectivity index (χ4n) is 2.34. The molecular weight excluding hydrogens is 142 g/mol. The molecule has 0 aromatic heterocycles. The van der Waals surface area contributed by atoms with Crippen molar-refractivity contribution in [2.24, 2.45) is 0 Å². The molecule has 1 spiro atoms. The molecule has 3 heteroatoms. The molecule has 0 amide bonds. The molecular formula is C8H13NO2. The number of morpholine rings is 1. The zero-order chi connectivity index (χ0) is 7.31. The number of fused-ring (bicyclic) bond motifs is 2. The molecule has 3 heterocycles. The number of rotatable bonds is 0. The summed E-state index contributed by atoms with van der Waals surface area (Å²) in [4.78, 5) is 0. The molecule has 3 fully saturated rings. The van der Waals surface area contributed by atoms with E-state index >= 15 is 0 Å². The van der Waals surface area contributed by atoms with Crippen molar-refractivity contribution < 1.29 is 9.47 Å². The Morgan fingerprint density at radius 3 is 2.36 bits per heavy atom. The molecule has 3 saturated heterocycles. The molecule has 3 nitrogen and oxygen atoms in total. The molecule has 0 aromatic carbocycles. The van der Waals surface area contributed by atoms with Crippen molar-refractivity contribution in [3.05, 3.63) is 0 Å². The van der Waals surface area contributed by atoms with E-state index in [1.54, 1.807) is 0 Å². The topological polar surface area (TPSA) is 33.8 Å². The third-order valence-electron chi connectivity index (χ3n) is 2.90. The van der Waals surface area contributed by atoms with Crippen molar-refractivity contribution in [3.63, 3.8) is 0 Å². The van der Waals surface area contributed by atoms with E-state index in [0.717, 1.165) is 32.7 Å². The minimum Gasteiger partial charge on any atom is -0.378 e. The van der Waals surface area contributed by atoms with E-state index in [2.05, 4.69) is 5.32 Å². The summed E-state index contributed by atoms with van der Waals surface area (Å²) in [7, 11) is 0. The lowest BCUT2D eigenvalue weighted by molar-refractivity contribution is 0.000129. The van der Waals surface area contributed by atoms with Crippen LogP contribution >= 0.6 is 0 Å². The maximum Gasteiger partial charge on any atom is 0.0947 e. The molecule has 62 valence electrons. The summed E-state index contributed by atoms with van der Waals surface area (Å²) in [6.07, 6.45) is 2.31. The van der Waals surface area contributed by atoms with Gasteiger partial charge in [0.05, 0.1) is 25.4 Å². The first-order valence-corrected chi connectivity index (χ1v) is 4.34. The predicted molar refractivity (Wildman–Crippen MR) is 39.4 cm³/mol. The van der Waals surface area contributed by atoms with E-state index in [9.17, 15) is 0 Å². The lowest BCUT2D eigenvalue weighted by Crippen LogP contribution is -2.56. The summed E-state index contributed by atoms with van der Waals surface area (Å²) in [5.74, 6) is 0. The molecule has 0 radical (unpaired) electrons. The van der Waals surface area contributed by atoms with Crippen LogP contribution in [0.4, 0.5) is 0 Å². The van der Waals surface area contributed by atoms with Crippen molar-refractivity contribution >= 4 is 0 Å². The van der Waals surface area contributed by atoms with Crippen LogP contribution in [0.3, 0.4) is 0 Å². The van der Waals surface area contributed by atoms with Crippen molar-refractivity contribution in [3.8, 4) is 0 Å². The third kappa shape index (κ3) is 0.991. The van der Waals surface area contributed by atoms with Crippen LogP contribution in [0.5, 0.6) is 0 Å². The van der Waals surface area contributed by atoms with Gasteiger partial charge in [-0.25, -0.2) is 0 Å². The second-order valence-electron chi connectivity index (χ2n) is 3.98. The monoisotopic (exact) mass is 155 g/mol. The fourth-order valence-corrected chi connectivity index (χ4v) is 2.34. The number of ether oxygens (including phenoxy) is 2. The smallest absolute Gasteiger partial charge is 0.0947 e. The van der Waals surface area contributed by atoms with Gasteiger partial charge in [0.25, 0.3) is 0 Å². The first-order chi connectivity index (χ1) is 5.36. The van der Waals surface area contributed by atoms with Gasteiger partial charge in [0, 0.05) is 12.1 Å². The molecule has 0 aromatic rings. The SMILES string of the molecule is C1OCC2CC3(CO3)CC1N2. The molecule has 3 rings (SSSR count). The van der Waals surface area contributed by atoms with Crippen LogP contribution in [0.15, 0.2) is 0 Å². The van der Waals surface area contributed by atoms with Crippen LogP contribution in [-0.4, -0.2) is 37.5 Å². The van der Waals surface area contributed by atoms with E-state index in [4.69, 9.17) is 9.47 Å². The Morgan fingerprint density at radius 1 is 1.18 bits per heavy atom. The molecule has 1 N–H and O–H groups in total. The Kier molecular flexibility index (Phi) is 1.15. The highest BCUT2D eigenvalue weighted by atomic mass is 16.6. The van der Waals surface area contributed by atoms with Gasteiger partial charge < -0.3 is 14.8 Å². The second kappa shape index (κ2) is 1.97. The van der Waals surface area contributed by atoms with Gasteiger partial charge in [-0.1, -0.05) is 0 Å². The highest BCUT2D eigenvalue weighted by molar-refractivity contribution is 5.04. The average molecular weight is 155 g/mol. The summed E-state index contributed by atoms with van der Waals surface area (Å²) >= 11 is 0. The van der Waals surface area contributed by atoms with Gasteiger partial charge in [-0.3, -0.25) is 0 Å². The summed E-state index contributed by atoms with van der Waals surface area (Å²) in [5.41, 5.74) is 0.282. The van der Waals surface area contributed by atoms with Crippen LogP contribution in [0.25, 0.3) is 0 Å². The number of hydrogen-bond donors (Lipinski definition) is 1. The highest BCUT2D eigenvalue weighted by Gasteiger charge is 2.51. The maximum absolute atomic E-state index is 5.48. The molecule has 2 bridgehead atoms. The lowest BCUT2D eigenvalue weighted by atomic mass is 9.87. The maximum atomic E-state index is 5.48. The minimum atomic E-state index is 0.282. The quantitative estimate of drug-likeness (QED) is 0.496. The largest absolute Gasteiger partial charge is 0.378 e. The summed E-state index contributed by atoms with van der Waals surface area (Å²) in [6.45, 7) is 2.74. The Balaban J connectivity index is 1.78. The molecule has 3 aliphatic heterocycles. The second-order valence-corrected chi connectivity index (χ2v) is 3.98. The van der Waals surface area contributed by atoms with E-state index < -0.39 is 0 Å². The van der Waals surface area contributed by atoms with Gasteiger partial charge in [-0.2, -0.15) is 0 Å². The zero-order valence-electron chi connectivity index (χ0n) is 6.51. The Hall–Kier alpha value is -0.120. The third-order valence-corrected chi connectivity index (χ3v) is 2.90. The Morgan fingerprint density at radius 2 is 1.82 bits per heavy atom. The summed E-state index contributed by atoms with van der Waals surface area (Å²) in [5, 5.41) is 3.54.